The fourth-order valence-corrected chi connectivity index (χ4v) is 1.10. The molecule has 1 heterocycles. The summed E-state index contributed by atoms with van der Waals surface area (Å²) < 4.78 is 0. The van der Waals surface area contributed by atoms with E-state index in [2.05, 4.69) is 15.6 Å². The number of amides is 1. The van der Waals surface area contributed by atoms with Crippen molar-refractivity contribution in [3.05, 3.63) is 30.1 Å². The molecule has 0 saturated heterocycles. The highest BCUT2D eigenvalue weighted by Crippen LogP contribution is 1.92. The maximum absolute atomic E-state index is 11.0. The standard InChI is InChI=1S/C10H15N3O/c1-11-8-10(14)13-7-5-9-4-2-3-6-12-9/h2-4,6,11H,5,7-8H2,1H3,(H,13,14). The molecule has 1 amide bonds. The van der Waals surface area contributed by atoms with Gasteiger partial charge < -0.3 is 10.6 Å². The van der Waals surface area contributed by atoms with Gasteiger partial charge in [-0.1, -0.05) is 6.07 Å². The minimum atomic E-state index is 0.0171. The zero-order chi connectivity index (χ0) is 10.2. The van der Waals surface area contributed by atoms with Crippen molar-refractivity contribution in [3.63, 3.8) is 0 Å². The van der Waals surface area contributed by atoms with Gasteiger partial charge in [0.05, 0.1) is 6.54 Å². The Hall–Kier alpha value is -1.42. The lowest BCUT2D eigenvalue weighted by Gasteiger charge is -2.03. The van der Waals surface area contributed by atoms with Gasteiger partial charge >= 0.3 is 0 Å². The zero-order valence-corrected chi connectivity index (χ0v) is 8.29. The van der Waals surface area contributed by atoms with E-state index in [4.69, 9.17) is 0 Å². The highest BCUT2D eigenvalue weighted by molar-refractivity contribution is 5.77. The molecular weight excluding hydrogens is 178 g/mol. The minimum absolute atomic E-state index is 0.0171. The van der Waals surface area contributed by atoms with Crippen LogP contribution in [0.25, 0.3) is 0 Å². The van der Waals surface area contributed by atoms with Crippen molar-refractivity contribution in [3.8, 4) is 0 Å². The van der Waals surface area contributed by atoms with Crippen molar-refractivity contribution < 1.29 is 4.79 Å². The number of pyridine rings is 1. The van der Waals surface area contributed by atoms with Gasteiger partial charge in [0.15, 0.2) is 0 Å². The predicted molar refractivity (Wildman–Crippen MR) is 54.9 cm³/mol. The number of nitrogens with zero attached hydrogens (tertiary/aromatic N) is 1. The van der Waals surface area contributed by atoms with Gasteiger partial charge in [0.25, 0.3) is 0 Å². The molecule has 0 unspecified atom stereocenters. The van der Waals surface area contributed by atoms with Crippen molar-refractivity contribution >= 4 is 5.91 Å². The molecule has 0 atom stereocenters. The van der Waals surface area contributed by atoms with Gasteiger partial charge in [-0.2, -0.15) is 0 Å². The molecule has 1 aromatic rings. The number of carbonyl (C=O) groups is 1. The summed E-state index contributed by atoms with van der Waals surface area (Å²) in [6.45, 7) is 1.000. The highest BCUT2D eigenvalue weighted by Gasteiger charge is 1.98. The molecule has 0 bridgehead atoms. The van der Waals surface area contributed by atoms with Crippen LogP contribution in [0, 0.1) is 0 Å². The van der Waals surface area contributed by atoms with Gasteiger partial charge in [0, 0.05) is 24.9 Å². The van der Waals surface area contributed by atoms with Gasteiger partial charge in [-0.3, -0.25) is 9.78 Å². The molecule has 4 nitrogen and oxygen atoms in total. The van der Waals surface area contributed by atoms with Crippen LogP contribution in [0.3, 0.4) is 0 Å². The Labute approximate surface area is 83.7 Å². The Morgan fingerprint density at radius 3 is 3.00 bits per heavy atom. The Morgan fingerprint density at radius 2 is 2.36 bits per heavy atom. The van der Waals surface area contributed by atoms with E-state index in [9.17, 15) is 4.79 Å². The number of hydrogen-bond donors (Lipinski definition) is 2. The van der Waals surface area contributed by atoms with E-state index in [1.165, 1.54) is 0 Å². The summed E-state index contributed by atoms with van der Waals surface area (Å²) in [6, 6.07) is 5.77. The first-order valence-electron chi connectivity index (χ1n) is 4.64. The average Bonchev–Trinajstić information content (AvgIpc) is 2.20. The van der Waals surface area contributed by atoms with E-state index < -0.39 is 0 Å². The number of rotatable bonds is 5. The number of nitrogens with one attached hydrogen (secondary N) is 2. The molecule has 0 fully saturated rings. The lowest BCUT2D eigenvalue weighted by Crippen LogP contribution is -2.33. The van der Waals surface area contributed by atoms with Gasteiger partial charge in [-0.15, -0.1) is 0 Å². The first kappa shape index (κ1) is 10.7. The Balaban J connectivity index is 2.19. The van der Waals surface area contributed by atoms with Gasteiger partial charge in [0.1, 0.15) is 0 Å². The molecular formula is C10H15N3O. The van der Waals surface area contributed by atoms with Crippen LogP contribution in [0.4, 0.5) is 0 Å². The molecule has 0 aromatic carbocycles. The molecule has 0 spiro atoms. The topological polar surface area (TPSA) is 54.0 Å². The Morgan fingerprint density at radius 1 is 1.50 bits per heavy atom. The maximum atomic E-state index is 11.0. The van der Waals surface area contributed by atoms with Crippen molar-refractivity contribution in [1.29, 1.82) is 0 Å². The van der Waals surface area contributed by atoms with Crippen LogP contribution in [-0.2, 0) is 11.2 Å². The second-order valence-corrected chi connectivity index (χ2v) is 2.95. The van der Waals surface area contributed by atoms with E-state index in [0.717, 1.165) is 12.1 Å². The quantitative estimate of drug-likeness (QED) is 0.690. The summed E-state index contributed by atoms with van der Waals surface area (Å²) in [5.41, 5.74) is 0.997. The SMILES string of the molecule is CNCC(=O)NCCc1ccccn1. The molecule has 0 aliphatic rings. The fraction of sp³-hybridized carbons (Fsp3) is 0.400. The van der Waals surface area contributed by atoms with Crippen LogP contribution in [0.5, 0.6) is 0 Å². The number of hydrogen-bond acceptors (Lipinski definition) is 3. The van der Waals surface area contributed by atoms with E-state index >= 15 is 0 Å². The van der Waals surface area contributed by atoms with Crippen molar-refractivity contribution in [2.45, 2.75) is 6.42 Å². The summed E-state index contributed by atoms with van der Waals surface area (Å²) in [5.74, 6) is 0.0171. The molecule has 0 aliphatic carbocycles. The maximum Gasteiger partial charge on any atom is 0.233 e. The van der Waals surface area contributed by atoms with Gasteiger partial charge in [-0.25, -0.2) is 0 Å². The normalized spacial score (nSPS) is 9.79. The molecule has 1 aromatic heterocycles. The third kappa shape index (κ3) is 4.00. The summed E-state index contributed by atoms with van der Waals surface area (Å²) in [7, 11) is 1.75. The van der Waals surface area contributed by atoms with Crippen molar-refractivity contribution in [1.82, 2.24) is 15.6 Å². The summed E-state index contributed by atoms with van der Waals surface area (Å²) in [6.07, 6.45) is 2.53. The number of carbonyl (C=O) groups excluding carboxylic acids is 1. The first-order chi connectivity index (χ1) is 6.83. The highest BCUT2D eigenvalue weighted by atomic mass is 16.1. The van der Waals surface area contributed by atoms with E-state index in [0.29, 0.717) is 13.1 Å². The third-order valence-electron chi connectivity index (χ3n) is 1.77. The Kier molecular flexibility index (Phi) is 4.64. The molecule has 0 radical (unpaired) electrons. The van der Waals surface area contributed by atoms with Crippen LogP contribution in [0.15, 0.2) is 24.4 Å². The lowest BCUT2D eigenvalue weighted by molar-refractivity contribution is -0.120. The summed E-state index contributed by atoms with van der Waals surface area (Å²) in [5, 5.41) is 5.58. The largest absolute Gasteiger partial charge is 0.355 e. The van der Waals surface area contributed by atoms with Crippen LogP contribution in [0.1, 0.15) is 5.69 Å². The molecule has 0 aliphatic heterocycles. The monoisotopic (exact) mass is 193 g/mol. The number of aromatic nitrogens is 1. The second-order valence-electron chi connectivity index (χ2n) is 2.95. The smallest absolute Gasteiger partial charge is 0.233 e. The van der Waals surface area contributed by atoms with Crippen molar-refractivity contribution in [2.75, 3.05) is 20.1 Å². The van der Waals surface area contributed by atoms with E-state index in [1.807, 2.05) is 18.2 Å². The van der Waals surface area contributed by atoms with Crippen LogP contribution in [-0.4, -0.2) is 31.0 Å². The number of likely N-dealkylation sites (N-methyl/N-ethyl adjacent to an activating group) is 1. The summed E-state index contributed by atoms with van der Waals surface area (Å²) >= 11 is 0. The Bertz CT molecular complexity index is 274. The first-order valence-corrected chi connectivity index (χ1v) is 4.64. The van der Waals surface area contributed by atoms with Crippen molar-refractivity contribution in [2.24, 2.45) is 0 Å². The second kappa shape index (κ2) is 6.10. The minimum Gasteiger partial charge on any atom is -0.355 e. The van der Waals surface area contributed by atoms with E-state index in [1.54, 1.807) is 13.2 Å². The fourth-order valence-electron chi connectivity index (χ4n) is 1.10. The predicted octanol–water partition coefficient (Wildman–Crippen LogP) is -0.0403. The average molecular weight is 193 g/mol. The third-order valence-corrected chi connectivity index (χ3v) is 1.77. The van der Waals surface area contributed by atoms with Crippen LogP contribution >= 0.6 is 0 Å². The lowest BCUT2D eigenvalue weighted by atomic mass is 10.3. The van der Waals surface area contributed by atoms with E-state index in [-0.39, 0.29) is 5.91 Å². The van der Waals surface area contributed by atoms with Gasteiger partial charge in [0.2, 0.25) is 5.91 Å². The molecule has 76 valence electrons. The van der Waals surface area contributed by atoms with Crippen LogP contribution < -0.4 is 10.6 Å². The zero-order valence-electron chi connectivity index (χ0n) is 8.29. The molecule has 2 N–H and O–H groups in total. The molecule has 4 heteroatoms. The molecule has 1 rings (SSSR count). The van der Waals surface area contributed by atoms with Gasteiger partial charge in [-0.05, 0) is 19.2 Å². The summed E-state index contributed by atoms with van der Waals surface area (Å²) in [4.78, 5) is 15.2. The molecule has 14 heavy (non-hydrogen) atoms. The molecule has 0 saturated carbocycles. The van der Waals surface area contributed by atoms with Crippen LogP contribution in [0.2, 0.25) is 0 Å².